The average Bonchev–Trinajstić information content (AvgIpc) is 3.21. The first-order chi connectivity index (χ1) is 14.2. The number of nitrogens with zero attached hydrogens (tertiary/aromatic N) is 4. The van der Waals surface area contributed by atoms with Crippen molar-refractivity contribution in [2.45, 2.75) is 44.6 Å². The zero-order valence-corrected chi connectivity index (χ0v) is 17.6. The van der Waals surface area contributed by atoms with Crippen molar-refractivity contribution in [2.75, 3.05) is 38.1 Å². The number of piperidine rings is 1. The average molecular weight is 417 g/mol. The monoisotopic (exact) mass is 416 g/mol. The third kappa shape index (κ3) is 5.09. The molecule has 2 fully saturated rings. The first-order valence-corrected chi connectivity index (χ1v) is 11.2. The van der Waals surface area contributed by atoms with Gasteiger partial charge in [0.25, 0.3) is 5.91 Å². The van der Waals surface area contributed by atoms with Crippen LogP contribution in [0.25, 0.3) is 0 Å². The standard InChI is InChI=1S/C20H28N6O2S/c1-2-3-15-12-23-20(29-15)25-17-4-7-22-18(24-17)14-5-9-26(10-6-14)19(27)16-13-21-8-11-28-16/h4,7,12,14,16,21H,2-3,5-6,8-11,13H2,1H3,(H,22,23,24,25)/t16-/m0/s1. The minimum absolute atomic E-state index is 0.0960. The number of amides is 1. The lowest BCUT2D eigenvalue weighted by Crippen LogP contribution is -2.51. The van der Waals surface area contributed by atoms with Crippen molar-refractivity contribution in [1.82, 2.24) is 25.2 Å². The SMILES string of the molecule is CCCc1cnc(Nc2ccnc(C3CCN(C(=O)[C@@H]4CNCCO4)CC3)n2)s1. The van der Waals surface area contributed by atoms with E-state index in [-0.39, 0.29) is 17.9 Å². The lowest BCUT2D eigenvalue weighted by Gasteiger charge is -2.34. The van der Waals surface area contributed by atoms with Crippen LogP contribution >= 0.6 is 11.3 Å². The van der Waals surface area contributed by atoms with Gasteiger partial charge in [-0.2, -0.15) is 0 Å². The number of carbonyl (C=O) groups is 1. The number of likely N-dealkylation sites (tertiary alicyclic amines) is 1. The van der Waals surface area contributed by atoms with Gasteiger partial charge in [-0.15, -0.1) is 11.3 Å². The lowest BCUT2D eigenvalue weighted by atomic mass is 9.95. The van der Waals surface area contributed by atoms with Crippen molar-refractivity contribution in [2.24, 2.45) is 0 Å². The van der Waals surface area contributed by atoms with Crippen molar-refractivity contribution >= 4 is 28.2 Å². The number of anilines is 2. The summed E-state index contributed by atoms with van der Waals surface area (Å²) in [6, 6.07) is 1.87. The van der Waals surface area contributed by atoms with Crippen LogP contribution < -0.4 is 10.6 Å². The smallest absolute Gasteiger partial charge is 0.253 e. The molecule has 1 amide bonds. The molecule has 29 heavy (non-hydrogen) atoms. The van der Waals surface area contributed by atoms with E-state index in [1.54, 1.807) is 17.5 Å². The number of ether oxygens (including phenoxy) is 1. The molecule has 2 aromatic heterocycles. The first kappa shape index (κ1) is 20.2. The predicted molar refractivity (Wildman–Crippen MR) is 113 cm³/mol. The Bertz CT molecular complexity index is 815. The van der Waals surface area contributed by atoms with Crippen molar-refractivity contribution in [3.05, 3.63) is 29.2 Å². The summed E-state index contributed by atoms with van der Waals surface area (Å²) in [5.41, 5.74) is 0. The maximum absolute atomic E-state index is 12.6. The Hall–Kier alpha value is -2.10. The molecule has 0 saturated carbocycles. The van der Waals surface area contributed by atoms with Gasteiger partial charge in [-0.3, -0.25) is 4.79 Å². The van der Waals surface area contributed by atoms with Crippen LogP contribution in [0.4, 0.5) is 10.9 Å². The maximum Gasteiger partial charge on any atom is 0.253 e. The van der Waals surface area contributed by atoms with Crippen LogP contribution in [0, 0.1) is 0 Å². The molecule has 0 spiro atoms. The second-order valence-electron chi connectivity index (χ2n) is 7.47. The Morgan fingerprint density at radius 2 is 2.24 bits per heavy atom. The van der Waals surface area contributed by atoms with Gasteiger partial charge in [-0.25, -0.2) is 15.0 Å². The Balaban J connectivity index is 1.33. The molecule has 0 aliphatic carbocycles. The van der Waals surface area contributed by atoms with Crippen molar-refractivity contribution < 1.29 is 9.53 Å². The quantitative estimate of drug-likeness (QED) is 0.747. The number of aryl methyl sites for hydroxylation is 1. The molecule has 0 bridgehead atoms. The molecule has 0 aromatic carbocycles. The topological polar surface area (TPSA) is 92.3 Å². The molecule has 9 heteroatoms. The summed E-state index contributed by atoms with van der Waals surface area (Å²) < 4.78 is 5.60. The number of hydrogen-bond donors (Lipinski definition) is 2. The summed E-state index contributed by atoms with van der Waals surface area (Å²) in [6.07, 6.45) is 7.28. The third-order valence-corrected chi connectivity index (χ3v) is 6.31. The lowest BCUT2D eigenvalue weighted by molar-refractivity contribution is -0.146. The highest BCUT2D eigenvalue weighted by atomic mass is 32.1. The van der Waals surface area contributed by atoms with E-state index in [2.05, 4.69) is 27.5 Å². The third-order valence-electron chi connectivity index (χ3n) is 5.33. The van der Waals surface area contributed by atoms with Crippen molar-refractivity contribution in [3.8, 4) is 0 Å². The Kier molecular flexibility index (Phi) is 6.68. The zero-order chi connectivity index (χ0) is 20.1. The number of thiazole rings is 1. The van der Waals surface area contributed by atoms with E-state index in [1.807, 2.05) is 17.2 Å². The fraction of sp³-hybridized carbons (Fsp3) is 0.600. The van der Waals surface area contributed by atoms with E-state index in [0.717, 1.165) is 62.1 Å². The number of aromatic nitrogens is 3. The molecule has 8 nitrogen and oxygen atoms in total. The zero-order valence-electron chi connectivity index (χ0n) is 16.8. The maximum atomic E-state index is 12.6. The second kappa shape index (κ2) is 9.60. The number of carbonyl (C=O) groups excluding carboxylic acids is 1. The van der Waals surface area contributed by atoms with Gasteiger partial charge in [0.05, 0.1) is 6.61 Å². The van der Waals surface area contributed by atoms with Crippen LogP contribution in [0.1, 0.15) is 42.8 Å². The number of morpholine rings is 1. The molecular formula is C20H28N6O2S. The molecule has 2 aliphatic rings. The highest BCUT2D eigenvalue weighted by Crippen LogP contribution is 2.28. The molecule has 2 saturated heterocycles. The largest absolute Gasteiger partial charge is 0.366 e. The van der Waals surface area contributed by atoms with E-state index in [9.17, 15) is 4.79 Å². The molecule has 2 N–H and O–H groups in total. The van der Waals surface area contributed by atoms with Crippen molar-refractivity contribution in [3.63, 3.8) is 0 Å². The first-order valence-electron chi connectivity index (χ1n) is 10.4. The Labute approximate surface area is 175 Å². The van der Waals surface area contributed by atoms with E-state index in [1.165, 1.54) is 4.88 Å². The molecule has 0 radical (unpaired) electrons. The fourth-order valence-electron chi connectivity index (χ4n) is 3.76. The summed E-state index contributed by atoms with van der Waals surface area (Å²) in [4.78, 5) is 29.4. The van der Waals surface area contributed by atoms with Crippen LogP contribution in [-0.2, 0) is 16.0 Å². The summed E-state index contributed by atoms with van der Waals surface area (Å²) in [5, 5.41) is 7.38. The summed E-state index contributed by atoms with van der Waals surface area (Å²) in [6.45, 7) is 5.62. The fourth-order valence-corrected chi connectivity index (χ4v) is 4.68. The van der Waals surface area contributed by atoms with Crippen LogP contribution in [-0.4, -0.2) is 64.6 Å². The van der Waals surface area contributed by atoms with Gasteiger partial charge in [0.1, 0.15) is 17.7 Å². The molecule has 2 aliphatic heterocycles. The number of hydrogen-bond acceptors (Lipinski definition) is 8. The molecule has 156 valence electrons. The van der Waals surface area contributed by atoms with Crippen LogP contribution in [0.5, 0.6) is 0 Å². The van der Waals surface area contributed by atoms with E-state index in [0.29, 0.717) is 13.2 Å². The summed E-state index contributed by atoms with van der Waals surface area (Å²) in [7, 11) is 0. The van der Waals surface area contributed by atoms with Gasteiger partial charge >= 0.3 is 0 Å². The molecular weight excluding hydrogens is 388 g/mol. The summed E-state index contributed by atoms with van der Waals surface area (Å²) in [5.74, 6) is 1.97. The van der Waals surface area contributed by atoms with Gasteiger partial charge < -0.3 is 20.3 Å². The Morgan fingerprint density at radius 3 is 3.00 bits per heavy atom. The van der Waals surface area contributed by atoms with Gasteiger partial charge in [-0.05, 0) is 25.3 Å². The predicted octanol–water partition coefficient (Wildman–Crippen LogP) is 2.32. The van der Waals surface area contributed by atoms with Crippen molar-refractivity contribution in [1.29, 1.82) is 0 Å². The minimum Gasteiger partial charge on any atom is -0.366 e. The highest BCUT2D eigenvalue weighted by Gasteiger charge is 2.31. The molecule has 4 heterocycles. The molecule has 0 unspecified atom stereocenters. The Morgan fingerprint density at radius 1 is 1.38 bits per heavy atom. The second-order valence-corrected chi connectivity index (χ2v) is 8.59. The summed E-state index contributed by atoms with van der Waals surface area (Å²) >= 11 is 1.67. The number of rotatable bonds is 6. The molecule has 2 aromatic rings. The normalized spacial score (nSPS) is 20.6. The highest BCUT2D eigenvalue weighted by molar-refractivity contribution is 7.15. The van der Waals surface area contributed by atoms with Gasteiger partial charge in [-0.1, -0.05) is 13.3 Å². The van der Waals surface area contributed by atoms with Crippen LogP contribution in [0.2, 0.25) is 0 Å². The van der Waals surface area contributed by atoms with E-state index in [4.69, 9.17) is 9.72 Å². The van der Waals surface area contributed by atoms with E-state index >= 15 is 0 Å². The van der Waals surface area contributed by atoms with Crippen LogP contribution in [0.15, 0.2) is 18.5 Å². The van der Waals surface area contributed by atoms with Gasteiger partial charge in [0.2, 0.25) is 0 Å². The minimum atomic E-state index is -0.347. The molecule has 4 rings (SSSR count). The number of nitrogens with one attached hydrogen (secondary N) is 2. The van der Waals surface area contributed by atoms with Gasteiger partial charge in [0, 0.05) is 49.4 Å². The van der Waals surface area contributed by atoms with E-state index < -0.39 is 0 Å². The van der Waals surface area contributed by atoms with Gasteiger partial charge in [0.15, 0.2) is 5.13 Å². The molecule has 1 atom stereocenters. The van der Waals surface area contributed by atoms with Crippen LogP contribution in [0.3, 0.4) is 0 Å².